The molecule has 1 heteroatoms. The molecule has 1 rings (SSSR count). The predicted octanol–water partition coefficient (Wildman–Crippen LogP) is 1.92. The van der Waals surface area contributed by atoms with Crippen molar-refractivity contribution in [3.8, 4) is 0 Å². The van der Waals surface area contributed by atoms with Crippen molar-refractivity contribution in [3.05, 3.63) is 12.2 Å². The molecule has 0 atom stereocenters. The molecule has 1 aliphatic carbocycles. The smallest absolute Gasteiger partial charge is 0.501 e. The van der Waals surface area contributed by atoms with Gasteiger partial charge in [0.1, 0.15) is 0 Å². The van der Waals surface area contributed by atoms with E-state index in [2.05, 4.69) is 12.2 Å². The van der Waals surface area contributed by atoms with Crippen molar-refractivity contribution in [1.29, 1.82) is 0 Å². The van der Waals surface area contributed by atoms with Gasteiger partial charge in [0.2, 0.25) is 0 Å². The summed E-state index contributed by atoms with van der Waals surface area (Å²) in [5.41, 5.74) is 0. The van der Waals surface area contributed by atoms with Crippen LogP contribution in [0, 0.1) is 6.08 Å². The van der Waals surface area contributed by atoms with Gasteiger partial charge in [-0.2, -0.15) is 6.42 Å². The number of allylic oxidation sites excluding steroid dienone is 2. The van der Waals surface area contributed by atoms with Crippen LogP contribution >= 0.6 is 0 Å². The summed E-state index contributed by atoms with van der Waals surface area (Å²) < 4.78 is 0. The van der Waals surface area contributed by atoms with Crippen molar-refractivity contribution in [1.82, 2.24) is 0 Å². The van der Waals surface area contributed by atoms with Crippen LogP contribution < -0.4 is 0 Å². The quantitative estimate of drug-likeness (QED) is 0.591. The molecule has 0 unspecified atom stereocenters. The summed E-state index contributed by atoms with van der Waals surface area (Å²) in [6.07, 6.45) is 10.5. The van der Waals surface area contributed by atoms with Gasteiger partial charge in [0.15, 0.2) is 0 Å². The zero-order valence-corrected chi connectivity index (χ0v) is 6.80. The molecular formula is C6H9Os. The second-order valence-electron chi connectivity index (χ2n) is 1.65. The number of hydrogen-bond donors (Lipinski definition) is 0. The van der Waals surface area contributed by atoms with Crippen molar-refractivity contribution in [2.45, 2.75) is 25.7 Å². The first-order valence-corrected chi connectivity index (χ1v) is 2.55. The van der Waals surface area contributed by atoms with E-state index in [4.69, 9.17) is 0 Å². The molecule has 0 heterocycles. The monoisotopic (exact) mass is 273 g/mol. The third-order valence-corrected chi connectivity index (χ3v) is 1.06. The molecule has 0 spiro atoms. The Morgan fingerprint density at radius 1 is 1.29 bits per heavy atom. The Morgan fingerprint density at radius 3 is 2.29 bits per heavy atom. The predicted molar refractivity (Wildman–Crippen MR) is 26.3 cm³/mol. The maximum atomic E-state index is 3.16. The first-order chi connectivity index (χ1) is 3.00. The van der Waals surface area contributed by atoms with E-state index in [0.717, 1.165) is 0 Å². The minimum atomic E-state index is 0. The molecule has 0 aromatic rings. The van der Waals surface area contributed by atoms with E-state index in [-0.39, 0.29) is 19.8 Å². The van der Waals surface area contributed by atoms with Gasteiger partial charge in [0, 0.05) is 0 Å². The van der Waals surface area contributed by atoms with Crippen LogP contribution in [-0.4, -0.2) is 0 Å². The summed E-state index contributed by atoms with van der Waals surface area (Å²) in [7, 11) is 0. The van der Waals surface area contributed by atoms with E-state index < -0.39 is 0 Å². The van der Waals surface area contributed by atoms with Gasteiger partial charge in [-0.15, -0.1) is 0 Å². The molecule has 0 aromatic carbocycles. The topological polar surface area (TPSA) is 0 Å². The zero-order valence-electron chi connectivity index (χ0n) is 4.26. The molecule has 0 fully saturated rings. The summed E-state index contributed by atoms with van der Waals surface area (Å²) >= 11 is 0. The Morgan fingerprint density at radius 2 is 2.14 bits per heavy atom. The normalized spacial score (nSPS) is 18.3. The molecule has 1 radical (unpaired) electrons. The van der Waals surface area contributed by atoms with E-state index in [9.17, 15) is 0 Å². The van der Waals surface area contributed by atoms with Gasteiger partial charge >= 0.3 is 19.8 Å². The second kappa shape index (κ2) is 4.53. The van der Waals surface area contributed by atoms with Gasteiger partial charge in [-0.25, -0.2) is 0 Å². The van der Waals surface area contributed by atoms with Crippen LogP contribution in [0.1, 0.15) is 25.7 Å². The van der Waals surface area contributed by atoms with Gasteiger partial charge in [-0.1, -0.05) is 19.3 Å². The summed E-state index contributed by atoms with van der Waals surface area (Å²) in [6.45, 7) is 0. The molecule has 0 bridgehead atoms. The Kier molecular flexibility index (Phi) is 4.78. The van der Waals surface area contributed by atoms with Crippen LogP contribution in [-0.2, 0) is 19.8 Å². The fourth-order valence-electron chi connectivity index (χ4n) is 0.678. The molecule has 0 N–H and O–H groups in total. The summed E-state index contributed by atoms with van der Waals surface area (Å²) in [4.78, 5) is 0. The molecule has 0 amide bonds. The third kappa shape index (κ3) is 3.00. The minimum absolute atomic E-state index is 0. The summed E-state index contributed by atoms with van der Waals surface area (Å²) in [5, 5.41) is 0. The molecule has 0 saturated heterocycles. The van der Waals surface area contributed by atoms with E-state index in [1.54, 1.807) is 0 Å². The molecule has 0 aromatic heterocycles. The third-order valence-electron chi connectivity index (χ3n) is 1.06. The van der Waals surface area contributed by atoms with Crippen LogP contribution in [0.5, 0.6) is 0 Å². The average Bonchev–Trinajstić information content (AvgIpc) is 1.72. The maximum absolute atomic E-state index is 3.16. The second-order valence-corrected chi connectivity index (χ2v) is 1.65. The first-order valence-electron chi connectivity index (χ1n) is 2.55. The Bertz CT molecular complexity index is 49.2. The Balaban J connectivity index is 0.000000360. The number of rotatable bonds is 0. The van der Waals surface area contributed by atoms with Crippen LogP contribution in [0.15, 0.2) is 6.08 Å². The van der Waals surface area contributed by atoms with Crippen LogP contribution in [0.4, 0.5) is 0 Å². The average molecular weight is 271 g/mol. The van der Waals surface area contributed by atoms with E-state index >= 15 is 0 Å². The van der Waals surface area contributed by atoms with E-state index in [0.29, 0.717) is 0 Å². The van der Waals surface area contributed by atoms with Crippen molar-refractivity contribution in [3.63, 3.8) is 0 Å². The van der Waals surface area contributed by atoms with Gasteiger partial charge < -0.3 is 6.08 Å². The van der Waals surface area contributed by atoms with Gasteiger partial charge in [-0.3, -0.25) is 6.08 Å². The molecular weight excluding hydrogens is 262 g/mol. The Labute approximate surface area is 58.0 Å². The van der Waals surface area contributed by atoms with E-state index in [1.807, 2.05) is 0 Å². The van der Waals surface area contributed by atoms with Crippen molar-refractivity contribution in [2.75, 3.05) is 0 Å². The van der Waals surface area contributed by atoms with E-state index in [1.165, 1.54) is 25.7 Å². The van der Waals surface area contributed by atoms with Crippen molar-refractivity contribution < 1.29 is 19.8 Å². The van der Waals surface area contributed by atoms with Crippen LogP contribution in [0.3, 0.4) is 0 Å². The van der Waals surface area contributed by atoms with Crippen LogP contribution in [0.25, 0.3) is 0 Å². The van der Waals surface area contributed by atoms with Gasteiger partial charge in [0.25, 0.3) is 0 Å². The largest absolute Gasteiger partial charge is 1.00 e. The number of hydrogen-bond acceptors (Lipinski definition) is 0. The van der Waals surface area contributed by atoms with Crippen LogP contribution in [0.2, 0.25) is 0 Å². The fraction of sp³-hybridized carbons (Fsp3) is 0.667. The SMILES string of the molecule is [C-]1=CCCCC1.[Os+]. The Hall–Kier alpha value is 0.376. The molecule has 7 heavy (non-hydrogen) atoms. The molecule has 0 saturated carbocycles. The first kappa shape index (κ1) is 7.38. The molecule has 41 valence electrons. The van der Waals surface area contributed by atoms with Crippen molar-refractivity contribution >= 4 is 0 Å². The summed E-state index contributed by atoms with van der Waals surface area (Å²) in [5.74, 6) is 0. The van der Waals surface area contributed by atoms with Gasteiger partial charge in [-0.05, 0) is 0 Å². The van der Waals surface area contributed by atoms with Crippen molar-refractivity contribution in [2.24, 2.45) is 0 Å². The summed E-state index contributed by atoms with van der Waals surface area (Å²) in [6, 6.07) is 0. The maximum Gasteiger partial charge on any atom is 1.00 e. The molecule has 0 nitrogen and oxygen atoms in total. The minimum Gasteiger partial charge on any atom is -0.501 e. The molecule has 1 aliphatic rings. The van der Waals surface area contributed by atoms with Gasteiger partial charge in [0.05, 0.1) is 0 Å². The fourth-order valence-corrected chi connectivity index (χ4v) is 0.678. The zero-order chi connectivity index (χ0) is 4.24. The molecule has 0 aliphatic heterocycles. The standard InChI is InChI=1S/C6H9.Os/c1-2-4-6-5-3-1;/h1H,2,4-6H2;/q-1;+1.